The van der Waals surface area contributed by atoms with Crippen molar-refractivity contribution < 1.29 is 46.2 Å². The molecule has 0 N–H and O–H groups in total. The van der Waals surface area contributed by atoms with Gasteiger partial charge in [-0.3, -0.25) is 14.4 Å². The van der Waals surface area contributed by atoms with Crippen molar-refractivity contribution in [3.63, 3.8) is 0 Å². The Labute approximate surface area is 281 Å². The first kappa shape index (κ1) is 35.1. The summed E-state index contributed by atoms with van der Waals surface area (Å²) in [5, 5.41) is 0. The summed E-state index contributed by atoms with van der Waals surface area (Å²) in [7, 11) is 1.38. The van der Waals surface area contributed by atoms with Gasteiger partial charge in [-0.05, 0) is 49.1 Å². The summed E-state index contributed by atoms with van der Waals surface area (Å²) in [5.41, 5.74) is 1.10. The lowest BCUT2D eigenvalue weighted by Crippen LogP contribution is -2.25. The first-order valence-electron chi connectivity index (χ1n) is 15.8. The molecule has 0 saturated heterocycles. The monoisotopic (exact) mass is 674 g/mol. The number of methoxy groups -OCH3 is 1. The van der Waals surface area contributed by atoms with Gasteiger partial charge in [0.05, 0.1) is 25.2 Å². The molecule has 254 valence electrons. The van der Waals surface area contributed by atoms with Crippen molar-refractivity contribution in [2.75, 3.05) is 20.3 Å². The molecule has 1 aliphatic rings. The minimum atomic E-state index is -1.34. The molecule has 0 spiro atoms. The number of esters is 1. The van der Waals surface area contributed by atoms with Gasteiger partial charge in [0.15, 0.2) is 23.1 Å². The van der Waals surface area contributed by atoms with Gasteiger partial charge in [0.2, 0.25) is 0 Å². The molecule has 4 aromatic rings. The lowest BCUT2D eigenvalue weighted by Gasteiger charge is -2.21. The Morgan fingerprint density at radius 2 is 1.55 bits per heavy atom. The number of rotatable bonds is 14. The predicted molar refractivity (Wildman–Crippen MR) is 174 cm³/mol. The molecule has 5 rings (SSSR count). The molecule has 1 aliphatic carbocycles. The average Bonchev–Trinajstić information content (AvgIpc) is 3.52. The van der Waals surface area contributed by atoms with Crippen molar-refractivity contribution in [2.24, 2.45) is 5.92 Å². The van der Waals surface area contributed by atoms with Crippen LogP contribution in [0, 0.1) is 29.2 Å². The highest BCUT2D eigenvalue weighted by Crippen LogP contribution is 2.49. The lowest BCUT2D eigenvalue weighted by atomic mass is 9.86. The topological polar surface area (TPSA) is 78.9 Å². The standard InChI is InChI=1S/C39H34F4O6/c1-3-48-39(46)26(16-23-8-5-4-6-9-23)17-29(44)22-49-35-11-7-10-30(38(35)47-2)31-18-25(24-12-14-27(40)15-13-24)19-32(31)37(45)36-33(42)20-28(41)21-34(36)43/h4-15,19-21,25-26,31H,3,16-18,22H2,1-2H3. The van der Waals surface area contributed by atoms with Crippen molar-refractivity contribution in [1.29, 1.82) is 0 Å². The molecule has 0 aliphatic heterocycles. The van der Waals surface area contributed by atoms with Crippen molar-refractivity contribution in [3.8, 4) is 11.5 Å². The van der Waals surface area contributed by atoms with E-state index in [1.165, 1.54) is 19.2 Å². The Balaban J connectivity index is 1.42. The zero-order chi connectivity index (χ0) is 35.1. The van der Waals surface area contributed by atoms with Gasteiger partial charge in [0, 0.05) is 41.5 Å². The highest BCUT2D eigenvalue weighted by Gasteiger charge is 2.37. The van der Waals surface area contributed by atoms with Crippen LogP contribution in [0.3, 0.4) is 0 Å². The van der Waals surface area contributed by atoms with Crippen molar-refractivity contribution in [2.45, 2.75) is 38.0 Å². The molecular weight excluding hydrogens is 640 g/mol. The van der Waals surface area contributed by atoms with E-state index in [9.17, 15) is 31.9 Å². The number of hydrogen-bond donors (Lipinski definition) is 0. The van der Waals surface area contributed by atoms with Crippen LogP contribution < -0.4 is 9.47 Å². The number of benzene rings is 4. The zero-order valence-corrected chi connectivity index (χ0v) is 26.9. The fourth-order valence-electron chi connectivity index (χ4n) is 6.18. The SMILES string of the molecule is CCOC(=O)C(CC(=O)COc1cccc(C2CC(c3ccc(F)cc3)C=C2C(=O)c2c(F)cc(F)cc2F)c1OC)Cc1ccccc1. The van der Waals surface area contributed by atoms with E-state index in [4.69, 9.17) is 14.2 Å². The van der Waals surface area contributed by atoms with E-state index in [0.29, 0.717) is 29.7 Å². The molecule has 4 aromatic carbocycles. The smallest absolute Gasteiger partial charge is 0.309 e. The molecule has 0 aromatic heterocycles. The Morgan fingerprint density at radius 1 is 0.857 bits per heavy atom. The van der Waals surface area contributed by atoms with Crippen LogP contribution in [0.4, 0.5) is 17.6 Å². The predicted octanol–water partition coefficient (Wildman–Crippen LogP) is 8.09. The molecule has 0 heterocycles. The van der Waals surface area contributed by atoms with Gasteiger partial charge >= 0.3 is 5.97 Å². The second kappa shape index (κ2) is 15.8. The lowest BCUT2D eigenvalue weighted by molar-refractivity contribution is -0.149. The van der Waals surface area contributed by atoms with E-state index < -0.39 is 64.9 Å². The maximum absolute atomic E-state index is 14.8. The third kappa shape index (κ3) is 8.25. The number of para-hydroxylation sites is 1. The largest absolute Gasteiger partial charge is 0.493 e. The Morgan fingerprint density at radius 3 is 2.20 bits per heavy atom. The van der Waals surface area contributed by atoms with E-state index in [0.717, 1.165) is 5.56 Å². The number of halogens is 4. The maximum Gasteiger partial charge on any atom is 0.309 e. The first-order chi connectivity index (χ1) is 23.6. The van der Waals surface area contributed by atoms with E-state index in [1.807, 2.05) is 30.3 Å². The van der Waals surface area contributed by atoms with Crippen LogP contribution in [-0.4, -0.2) is 37.9 Å². The Kier molecular flexibility index (Phi) is 11.3. The van der Waals surface area contributed by atoms with Gasteiger partial charge in [0.25, 0.3) is 0 Å². The molecule has 0 saturated carbocycles. The summed E-state index contributed by atoms with van der Waals surface area (Å²) in [6, 6.07) is 20.7. The number of hydrogen-bond acceptors (Lipinski definition) is 6. The summed E-state index contributed by atoms with van der Waals surface area (Å²) >= 11 is 0. The first-order valence-corrected chi connectivity index (χ1v) is 15.8. The second-order valence-corrected chi connectivity index (χ2v) is 11.7. The summed E-state index contributed by atoms with van der Waals surface area (Å²) in [4.78, 5) is 39.6. The van der Waals surface area contributed by atoms with Crippen LogP contribution in [0.5, 0.6) is 11.5 Å². The molecule has 10 heteroatoms. The van der Waals surface area contributed by atoms with Crippen LogP contribution >= 0.6 is 0 Å². The fourth-order valence-corrected chi connectivity index (χ4v) is 6.18. The van der Waals surface area contributed by atoms with Crippen LogP contribution in [0.25, 0.3) is 0 Å². The molecule has 3 atom stereocenters. The summed E-state index contributed by atoms with van der Waals surface area (Å²) in [6.45, 7) is 1.46. The quantitative estimate of drug-likeness (QED) is 0.0765. The maximum atomic E-state index is 14.8. The second-order valence-electron chi connectivity index (χ2n) is 11.7. The third-order valence-corrected chi connectivity index (χ3v) is 8.44. The number of allylic oxidation sites excluding steroid dienone is 2. The molecule has 49 heavy (non-hydrogen) atoms. The van der Waals surface area contributed by atoms with E-state index >= 15 is 0 Å². The minimum absolute atomic E-state index is 0.0310. The normalized spacial score (nSPS) is 16.1. The third-order valence-electron chi connectivity index (χ3n) is 8.44. The van der Waals surface area contributed by atoms with Crippen LogP contribution in [0.15, 0.2) is 96.6 Å². The Bertz CT molecular complexity index is 1830. The van der Waals surface area contributed by atoms with Crippen molar-refractivity contribution in [3.05, 3.63) is 142 Å². The summed E-state index contributed by atoms with van der Waals surface area (Å²) in [6.07, 6.45) is 1.99. The number of ketones is 2. The molecule has 0 amide bonds. The highest BCUT2D eigenvalue weighted by molar-refractivity contribution is 6.10. The van der Waals surface area contributed by atoms with Gasteiger partial charge in [-0.2, -0.15) is 0 Å². The van der Waals surface area contributed by atoms with Gasteiger partial charge in [-0.15, -0.1) is 0 Å². The number of carbonyl (C=O) groups excluding carboxylic acids is 3. The van der Waals surface area contributed by atoms with Gasteiger partial charge in [0.1, 0.15) is 29.9 Å². The van der Waals surface area contributed by atoms with Gasteiger partial charge in [-0.25, -0.2) is 17.6 Å². The van der Waals surface area contributed by atoms with Crippen LogP contribution in [0.2, 0.25) is 0 Å². The average molecular weight is 675 g/mol. The Hall–Kier alpha value is -5.25. The van der Waals surface area contributed by atoms with E-state index in [2.05, 4.69) is 0 Å². The van der Waals surface area contributed by atoms with E-state index in [1.54, 1.807) is 43.3 Å². The van der Waals surface area contributed by atoms with Gasteiger partial charge < -0.3 is 14.2 Å². The van der Waals surface area contributed by atoms with E-state index in [-0.39, 0.29) is 42.3 Å². The van der Waals surface area contributed by atoms with Crippen molar-refractivity contribution in [1.82, 2.24) is 0 Å². The minimum Gasteiger partial charge on any atom is -0.493 e. The molecule has 0 bridgehead atoms. The fraction of sp³-hybridized carbons (Fsp3) is 0.256. The van der Waals surface area contributed by atoms with Crippen LogP contribution in [0.1, 0.15) is 58.6 Å². The van der Waals surface area contributed by atoms with Gasteiger partial charge in [-0.1, -0.05) is 60.7 Å². The summed E-state index contributed by atoms with van der Waals surface area (Å²) in [5.74, 6) is -7.73. The van der Waals surface area contributed by atoms with Crippen molar-refractivity contribution >= 4 is 17.5 Å². The van der Waals surface area contributed by atoms with Crippen LogP contribution in [-0.2, 0) is 20.7 Å². The number of ether oxygens (including phenoxy) is 3. The summed E-state index contributed by atoms with van der Waals surface area (Å²) < 4.78 is 73.9. The molecule has 0 fully saturated rings. The molecule has 3 unspecified atom stereocenters. The molecular formula is C39H34F4O6. The number of carbonyl (C=O) groups is 3. The number of Topliss-reactive ketones (excluding diaryl/α,β-unsaturated/α-hetero) is 2. The zero-order valence-electron chi connectivity index (χ0n) is 26.9. The molecule has 6 nitrogen and oxygen atoms in total. The molecule has 0 radical (unpaired) electrons. The highest BCUT2D eigenvalue weighted by atomic mass is 19.1.